The van der Waals surface area contributed by atoms with E-state index < -0.39 is 0 Å². The molecule has 1 aliphatic carbocycles. The van der Waals surface area contributed by atoms with Crippen molar-refractivity contribution < 1.29 is 18.4 Å². The molecule has 3 aromatic rings. The molecule has 1 aromatic carbocycles. The Labute approximate surface area is 140 Å². The van der Waals surface area contributed by atoms with Gasteiger partial charge in [-0.3, -0.25) is 0 Å². The molecular formula is C15H12N4O4S. The molecule has 5 rings (SSSR count). The van der Waals surface area contributed by atoms with Gasteiger partial charge in [0, 0.05) is 11.5 Å². The number of thioether (sulfide) groups is 1. The third-order valence-corrected chi connectivity index (χ3v) is 4.57. The molecule has 0 bridgehead atoms. The number of rotatable bonds is 5. The van der Waals surface area contributed by atoms with Crippen LogP contribution in [0.2, 0.25) is 0 Å². The van der Waals surface area contributed by atoms with Crippen LogP contribution in [0.3, 0.4) is 0 Å². The van der Waals surface area contributed by atoms with Gasteiger partial charge >= 0.3 is 0 Å². The molecule has 1 fully saturated rings. The summed E-state index contributed by atoms with van der Waals surface area (Å²) in [5.74, 6) is 4.07. The summed E-state index contributed by atoms with van der Waals surface area (Å²) in [7, 11) is 0. The standard InChI is InChI=1S/C15H12N4O4S/c1-2-8(1)14-17-18-15(22-14)24-6-12-16-13(19-23-12)9-3-4-10-11(5-9)21-7-20-10/h3-5,8H,1-2,6-7H2. The normalized spacial score (nSPS) is 15.8. The first kappa shape index (κ1) is 13.8. The van der Waals surface area contributed by atoms with E-state index in [-0.39, 0.29) is 6.79 Å². The smallest absolute Gasteiger partial charge is 0.277 e. The third kappa shape index (κ3) is 2.60. The molecule has 2 aromatic heterocycles. The molecular weight excluding hydrogens is 332 g/mol. The highest BCUT2D eigenvalue weighted by molar-refractivity contribution is 7.98. The maximum absolute atomic E-state index is 5.59. The fraction of sp³-hybridized carbons (Fsp3) is 0.333. The molecule has 0 amide bonds. The largest absolute Gasteiger partial charge is 0.454 e. The van der Waals surface area contributed by atoms with Crippen molar-refractivity contribution in [2.24, 2.45) is 0 Å². The van der Waals surface area contributed by atoms with Crippen LogP contribution in [-0.4, -0.2) is 27.1 Å². The van der Waals surface area contributed by atoms with Gasteiger partial charge in [-0.2, -0.15) is 4.98 Å². The van der Waals surface area contributed by atoms with Gasteiger partial charge in [0.15, 0.2) is 11.5 Å². The van der Waals surface area contributed by atoms with Gasteiger partial charge in [0.2, 0.25) is 24.4 Å². The fourth-order valence-electron chi connectivity index (χ4n) is 2.36. The Morgan fingerprint density at radius 2 is 2.04 bits per heavy atom. The lowest BCUT2D eigenvalue weighted by molar-refractivity contribution is 0.174. The van der Waals surface area contributed by atoms with Gasteiger partial charge < -0.3 is 18.4 Å². The average Bonchev–Trinajstić information content (AvgIpc) is 3.05. The number of nitrogens with zero attached hydrogens (tertiary/aromatic N) is 4. The van der Waals surface area contributed by atoms with Crippen LogP contribution in [0, 0.1) is 0 Å². The van der Waals surface area contributed by atoms with Gasteiger partial charge in [-0.1, -0.05) is 16.9 Å². The van der Waals surface area contributed by atoms with Crippen molar-refractivity contribution in [3.63, 3.8) is 0 Å². The second-order valence-electron chi connectivity index (χ2n) is 5.55. The van der Waals surface area contributed by atoms with E-state index in [9.17, 15) is 0 Å². The first-order chi connectivity index (χ1) is 11.8. The van der Waals surface area contributed by atoms with Crippen LogP contribution in [0.15, 0.2) is 32.4 Å². The highest BCUT2D eigenvalue weighted by Gasteiger charge is 2.29. The van der Waals surface area contributed by atoms with E-state index in [2.05, 4.69) is 20.3 Å². The molecule has 0 spiro atoms. The number of hydrogen-bond acceptors (Lipinski definition) is 9. The van der Waals surface area contributed by atoms with Gasteiger partial charge in [0.1, 0.15) is 0 Å². The van der Waals surface area contributed by atoms with Crippen LogP contribution in [0.1, 0.15) is 30.5 Å². The van der Waals surface area contributed by atoms with E-state index >= 15 is 0 Å². The summed E-state index contributed by atoms with van der Waals surface area (Å²) < 4.78 is 21.5. The fourth-order valence-corrected chi connectivity index (χ4v) is 2.97. The molecule has 0 radical (unpaired) electrons. The van der Waals surface area contributed by atoms with Crippen LogP contribution in [0.25, 0.3) is 11.4 Å². The molecule has 0 atom stereocenters. The van der Waals surface area contributed by atoms with Crippen LogP contribution in [0.5, 0.6) is 11.5 Å². The second-order valence-corrected chi connectivity index (χ2v) is 6.48. The van der Waals surface area contributed by atoms with E-state index in [0.717, 1.165) is 30.0 Å². The van der Waals surface area contributed by atoms with Crippen molar-refractivity contribution in [1.82, 2.24) is 20.3 Å². The minimum atomic E-state index is 0.236. The van der Waals surface area contributed by atoms with Crippen molar-refractivity contribution >= 4 is 11.8 Å². The molecule has 0 N–H and O–H groups in total. The van der Waals surface area contributed by atoms with Gasteiger partial charge in [0.25, 0.3) is 5.22 Å². The van der Waals surface area contributed by atoms with E-state index in [1.807, 2.05) is 18.2 Å². The SMILES string of the molecule is c1cc2c(cc1-c1noc(CSc3nnc(C4CC4)o3)n1)OCO2. The molecule has 9 heteroatoms. The molecule has 1 saturated carbocycles. The molecule has 8 nitrogen and oxygen atoms in total. The first-order valence-corrected chi connectivity index (χ1v) is 8.52. The molecule has 0 saturated heterocycles. The number of ether oxygens (including phenoxy) is 2. The average molecular weight is 344 g/mol. The quantitative estimate of drug-likeness (QED) is 0.647. The summed E-state index contributed by atoms with van der Waals surface area (Å²) in [5.41, 5.74) is 0.813. The molecule has 1 aliphatic heterocycles. The molecule has 2 aliphatic rings. The lowest BCUT2D eigenvalue weighted by atomic mass is 10.2. The third-order valence-electron chi connectivity index (χ3n) is 3.77. The van der Waals surface area contributed by atoms with Gasteiger partial charge in [-0.25, -0.2) is 0 Å². The number of benzene rings is 1. The molecule has 122 valence electrons. The predicted octanol–water partition coefficient (Wildman–Crippen LogP) is 3.02. The lowest BCUT2D eigenvalue weighted by Crippen LogP contribution is -1.92. The van der Waals surface area contributed by atoms with Crippen LogP contribution in [0.4, 0.5) is 0 Å². The Bertz CT molecular complexity index is 889. The molecule has 0 unspecified atom stereocenters. The number of fused-ring (bicyclic) bond motifs is 1. The zero-order valence-corrected chi connectivity index (χ0v) is 13.3. The maximum Gasteiger partial charge on any atom is 0.277 e. The van der Waals surface area contributed by atoms with Crippen molar-refractivity contribution in [2.75, 3.05) is 6.79 Å². The highest BCUT2D eigenvalue weighted by atomic mass is 32.2. The summed E-state index contributed by atoms with van der Waals surface area (Å²) in [5, 5.41) is 12.6. The van der Waals surface area contributed by atoms with Gasteiger partial charge in [-0.05, 0) is 31.0 Å². The zero-order valence-electron chi connectivity index (χ0n) is 12.5. The Kier molecular flexibility index (Phi) is 3.18. The first-order valence-electron chi connectivity index (χ1n) is 7.54. The monoisotopic (exact) mass is 344 g/mol. The maximum atomic E-state index is 5.59. The topological polar surface area (TPSA) is 96.3 Å². The number of aromatic nitrogens is 4. The van der Waals surface area contributed by atoms with Gasteiger partial charge in [0.05, 0.1) is 5.75 Å². The predicted molar refractivity (Wildman–Crippen MR) is 81.7 cm³/mol. The summed E-state index contributed by atoms with van der Waals surface area (Å²) in [4.78, 5) is 4.39. The Hall–Kier alpha value is -2.55. The van der Waals surface area contributed by atoms with Crippen molar-refractivity contribution in [1.29, 1.82) is 0 Å². The van der Waals surface area contributed by atoms with E-state index in [0.29, 0.717) is 34.4 Å². The molecule has 3 heterocycles. The second kappa shape index (κ2) is 5.52. The van der Waals surface area contributed by atoms with Crippen LogP contribution < -0.4 is 9.47 Å². The summed E-state index contributed by atoms with van der Waals surface area (Å²) >= 11 is 1.39. The molecule has 24 heavy (non-hydrogen) atoms. The minimum absolute atomic E-state index is 0.236. The van der Waals surface area contributed by atoms with Crippen molar-refractivity contribution in [3.05, 3.63) is 30.0 Å². The Balaban J connectivity index is 1.28. The Morgan fingerprint density at radius 1 is 1.12 bits per heavy atom. The van der Waals surface area contributed by atoms with E-state index in [1.54, 1.807) is 0 Å². The van der Waals surface area contributed by atoms with Crippen LogP contribution in [-0.2, 0) is 5.75 Å². The van der Waals surface area contributed by atoms with Crippen molar-refractivity contribution in [2.45, 2.75) is 29.7 Å². The van der Waals surface area contributed by atoms with E-state index in [4.69, 9.17) is 18.4 Å². The van der Waals surface area contributed by atoms with Crippen LogP contribution >= 0.6 is 11.8 Å². The highest BCUT2D eigenvalue weighted by Crippen LogP contribution is 2.40. The minimum Gasteiger partial charge on any atom is -0.454 e. The zero-order chi connectivity index (χ0) is 15.9. The van der Waals surface area contributed by atoms with Crippen molar-refractivity contribution in [3.8, 4) is 22.9 Å². The number of hydrogen-bond donors (Lipinski definition) is 0. The Morgan fingerprint density at radius 3 is 2.96 bits per heavy atom. The van der Waals surface area contributed by atoms with E-state index in [1.165, 1.54) is 11.8 Å². The summed E-state index contributed by atoms with van der Waals surface area (Å²) in [6.45, 7) is 0.236. The summed E-state index contributed by atoms with van der Waals surface area (Å²) in [6.07, 6.45) is 2.27. The lowest BCUT2D eigenvalue weighted by Gasteiger charge is -1.97. The summed E-state index contributed by atoms with van der Waals surface area (Å²) in [6, 6.07) is 5.54. The van der Waals surface area contributed by atoms with Gasteiger partial charge in [-0.15, -0.1) is 10.2 Å².